The molecule has 0 aliphatic rings. The molecule has 0 unspecified atom stereocenters. The highest BCUT2D eigenvalue weighted by Gasteiger charge is 2.23. The monoisotopic (exact) mass is 413 g/mol. The van der Waals surface area contributed by atoms with Crippen molar-refractivity contribution in [3.8, 4) is 22.7 Å². The Labute approximate surface area is 185 Å². The predicted octanol–water partition coefficient (Wildman–Crippen LogP) is 7.16. The fourth-order valence-electron chi connectivity index (χ4n) is 4.50. The summed E-state index contributed by atoms with van der Waals surface area (Å²) < 4.78 is 8.59. The Morgan fingerprint density at radius 2 is 1.55 bits per heavy atom. The van der Waals surface area contributed by atoms with Crippen LogP contribution in [-0.2, 0) is 7.05 Å². The van der Waals surface area contributed by atoms with Crippen LogP contribution in [-0.4, -0.2) is 4.98 Å². The maximum Gasteiger partial charge on any atom is 0.228 e. The number of pyridine rings is 1. The number of oxazole rings is 1. The number of hydrogen-bond donors (Lipinski definition) is 0. The summed E-state index contributed by atoms with van der Waals surface area (Å²) in [4.78, 5) is 4.93. The standard InChI is InChI=1S/C28H33N2O/c1-16(2)21-10-9-11-22(17(3)4)27(21)28-29-24-15-30(8)25(14-26(24)31-28)23-13-18(5)12-19(6)20(23)7/h9-17H,1-8H3/q+1. The molecule has 2 aromatic carbocycles. The first-order valence-electron chi connectivity index (χ1n) is 11.2. The molecular weight excluding hydrogens is 380 g/mol. The molecule has 3 nitrogen and oxygen atoms in total. The van der Waals surface area contributed by atoms with E-state index >= 15 is 0 Å². The second-order valence-electron chi connectivity index (χ2n) is 9.41. The van der Waals surface area contributed by atoms with Crippen molar-refractivity contribution in [1.82, 2.24) is 4.98 Å². The van der Waals surface area contributed by atoms with Crippen molar-refractivity contribution in [3.05, 3.63) is 70.4 Å². The van der Waals surface area contributed by atoms with Crippen LogP contribution in [0, 0.1) is 20.8 Å². The molecular formula is C28H33N2O+. The molecule has 0 spiro atoms. The van der Waals surface area contributed by atoms with E-state index in [1.807, 2.05) is 0 Å². The lowest BCUT2D eigenvalue weighted by Gasteiger charge is -2.17. The van der Waals surface area contributed by atoms with Crippen molar-refractivity contribution in [3.63, 3.8) is 0 Å². The van der Waals surface area contributed by atoms with E-state index in [0.717, 1.165) is 28.2 Å². The zero-order valence-corrected chi connectivity index (χ0v) is 20.0. The van der Waals surface area contributed by atoms with Crippen LogP contribution in [0.3, 0.4) is 0 Å². The normalized spacial score (nSPS) is 11.8. The Hall–Kier alpha value is -2.94. The van der Waals surface area contributed by atoms with E-state index in [4.69, 9.17) is 9.40 Å². The van der Waals surface area contributed by atoms with Gasteiger partial charge in [-0.1, -0.05) is 57.5 Å². The Morgan fingerprint density at radius 1 is 0.903 bits per heavy atom. The molecule has 0 amide bonds. The van der Waals surface area contributed by atoms with E-state index in [1.54, 1.807) is 0 Å². The van der Waals surface area contributed by atoms with Crippen LogP contribution in [0.5, 0.6) is 0 Å². The SMILES string of the molecule is Cc1cc(C)c(C)c(-c2cc3oc(-c4c(C(C)C)cccc4C(C)C)nc3c[n+]2C)c1. The summed E-state index contributed by atoms with van der Waals surface area (Å²) in [7, 11) is 2.09. The van der Waals surface area contributed by atoms with Gasteiger partial charge in [0.2, 0.25) is 11.6 Å². The van der Waals surface area contributed by atoms with Crippen molar-refractivity contribution in [2.45, 2.75) is 60.3 Å². The maximum absolute atomic E-state index is 6.43. The summed E-state index contributed by atoms with van der Waals surface area (Å²) in [5, 5.41) is 0. The van der Waals surface area contributed by atoms with Crippen molar-refractivity contribution in [1.29, 1.82) is 0 Å². The van der Waals surface area contributed by atoms with Crippen LogP contribution in [0.4, 0.5) is 0 Å². The molecule has 4 aromatic rings. The third kappa shape index (κ3) is 3.78. The lowest BCUT2D eigenvalue weighted by atomic mass is 9.88. The lowest BCUT2D eigenvalue weighted by Crippen LogP contribution is -2.30. The van der Waals surface area contributed by atoms with Crippen LogP contribution in [0.25, 0.3) is 33.8 Å². The average Bonchev–Trinajstić information content (AvgIpc) is 3.11. The highest BCUT2D eigenvalue weighted by molar-refractivity contribution is 5.80. The number of hydrogen-bond acceptors (Lipinski definition) is 2. The lowest BCUT2D eigenvalue weighted by molar-refractivity contribution is -0.659. The fraction of sp³-hybridized carbons (Fsp3) is 0.357. The minimum absolute atomic E-state index is 0.397. The molecule has 0 saturated carbocycles. The molecule has 0 radical (unpaired) electrons. The van der Waals surface area contributed by atoms with Crippen LogP contribution < -0.4 is 4.57 Å². The number of rotatable bonds is 4. The summed E-state index contributed by atoms with van der Waals surface area (Å²) in [6.45, 7) is 15.4. The van der Waals surface area contributed by atoms with Gasteiger partial charge in [0.25, 0.3) is 0 Å². The van der Waals surface area contributed by atoms with Gasteiger partial charge in [-0.25, -0.2) is 4.98 Å². The second-order valence-corrected chi connectivity index (χ2v) is 9.41. The summed E-state index contributed by atoms with van der Waals surface area (Å²) in [6.07, 6.45) is 2.09. The summed E-state index contributed by atoms with van der Waals surface area (Å²) in [5.41, 5.74) is 11.7. The smallest absolute Gasteiger partial charge is 0.228 e. The van der Waals surface area contributed by atoms with Gasteiger partial charge in [0, 0.05) is 11.1 Å². The molecule has 3 heteroatoms. The molecule has 4 rings (SSSR count). The van der Waals surface area contributed by atoms with Crippen molar-refractivity contribution < 1.29 is 8.98 Å². The Morgan fingerprint density at radius 3 is 2.16 bits per heavy atom. The van der Waals surface area contributed by atoms with Gasteiger partial charge >= 0.3 is 0 Å². The van der Waals surface area contributed by atoms with Crippen LogP contribution in [0.2, 0.25) is 0 Å². The van der Waals surface area contributed by atoms with E-state index in [2.05, 4.69) is 103 Å². The maximum atomic E-state index is 6.43. The molecule has 0 fully saturated rings. The van der Waals surface area contributed by atoms with Crippen LogP contribution in [0.15, 0.2) is 47.0 Å². The van der Waals surface area contributed by atoms with Gasteiger partial charge in [0.15, 0.2) is 17.3 Å². The molecule has 2 heterocycles. The van der Waals surface area contributed by atoms with Gasteiger partial charge < -0.3 is 4.42 Å². The molecule has 0 saturated heterocycles. The summed E-state index contributed by atoms with van der Waals surface area (Å²) in [5.74, 6) is 1.51. The van der Waals surface area contributed by atoms with Gasteiger partial charge in [-0.2, -0.15) is 4.57 Å². The summed E-state index contributed by atoms with van der Waals surface area (Å²) in [6, 6.07) is 13.2. The molecule has 0 aliphatic carbocycles. The van der Waals surface area contributed by atoms with Crippen LogP contribution >= 0.6 is 0 Å². The number of aryl methyl sites for hydroxylation is 3. The molecule has 0 atom stereocenters. The third-order valence-electron chi connectivity index (χ3n) is 6.32. The molecule has 0 N–H and O–H groups in total. The van der Waals surface area contributed by atoms with Crippen molar-refractivity contribution in [2.24, 2.45) is 7.05 Å². The molecule has 31 heavy (non-hydrogen) atoms. The molecule has 2 aromatic heterocycles. The van der Waals surface area contributed by atoms with E-state index in [9.17, 15) is 0 Å². The number of fused-ring (bicyclic) bond motifs is 1. The first-order chi connectivity index (χ1) is 14.7. The van der Waals surface area contributed by atoms with Crippen molar-refractivity contribution in [2.75, 3.05) is 0 Å². The minimum atomic E-state index is 0.397. The van der Waals surface area contributed by atoms with E-state index in [0.29, 0.717) is 11.8 Å². The highest BCUT2D eigenvalue weighted by atomic mass is 16.3. The largest absolute Gasteiger partial charge is 0.436 e. The summed E-state index contributed by atoms with van der Waals surface area (Å²) >= 11 is 0. The molecule has 160 valence electrons. The Kier molecular flexibility index (Phi) is 5.47. The zero-order valence-electron chi connectivity index (χ0n) is 20.0. The van der Waals surface area contributed by atoms with Gasteiger partial charge in [-0.05, 0) is 60.9 Å². The second kappa shape index (κ2) is 7.96. The van der Waals surface area contributed by atoms with Crippen molar-refractivity contribution >= 4 is 11.1 Å². The Balaban J connectivity index is 1.95. The zero-order chi connectivity index (χ0) is 22.4. The van der Waals surface area contributed by atoms with E-state index in [1.165, 1.54) is 33.4 Å². The number of nitrogens with zero attached hydrogens (tertiary/aromatic N) is 2. The molecule has 0 bridgehead atoms. The topological polar surface area (TPSA) is 29.9 Å². The number of aromatic nitrogens is 2. The van der Waals surface area contributed by atoms with E-state index in [-0.39, 0.29) is 0 Å². The van der Waals surface area contributed by atoms with Gasteiger partial charge in [0.05, 0.1) is 6.07 Å². The minimum Gasteiger partial charge on any atom is -0.436 e. The van der Waals surface area contributed by atoms with Gasteiger partial charge in [-0.3, -0.25) is 0 Å². The van der Waals surface area contributed by atoms with Gasteiger partial charge in [-0.15, -0.1) is 0 Å². The number of benzene rings is 2. The first-order valence-corrected chi connectivity index (χ1v) is 11.2. The quantitative estimate of drug-likeness (QED) is 0.332. The van der Waals surface area contributed by atoms with Crippen LogP contribution in [0.1, 0.15) is 67.3 Å². The average molecular weight is 414 g/mol. The fourth-order valence-corrected chi connectivity index (χ4v) is 4.50. The van der Waals surface area contributed by atoms with Gasteiger partial charge in [0.1, 0.15) is 7.05 Å². The van der Waals surface area contributed by atoms with E-state index < -0.39 is 0 Å². The third-order valence-corrected chi connectivity index (χ3v) is 6.32. The predicted molar refractivity (Wildman–Crippen MR) is 128 cm³/mol. The highest BCUT2D eigenvalue weighted by Crippen LogP contribution is 2.37. The Bertz CT molecular complexity index is 1250. The first kappa shape index (κ1) is 21.3. The molecule has 0 aliphatic heterocycles.